The van der Waals surface area contributed by atoms with Crippen LogP contribution in [0, 0.1) is 5.82 Å². The van der Waals surface area contributed by atoms with Gasteiger partial charge in [0.2, 0.25) is 0 Å². The summed E-state index contributed by atoms with van der Waals surface area (Å²) in [5, 5.41) is 1.05. The van der Waals surface area contributed by atoms with E-state index in [0.29, 0.717) is 22.8 Å². The van der Waals surface area contributed by atoms with E-state index in [0.717, 1.165) is 0 Å². The maximum Gasteiger partial charge on any atom is 0.534 e. The molecule has 1 aliphatic rings. The van der Waals surface area contributed by atoms with Gasteiger partial charge in [0.1, 0.15) is 23.3 Å². The van der Waals surface area contributed by atoms with E-state index in [4.69, 9.17) is 9.47 Å². The average Bonchev–Trinajstić information content (AvgIpc) is 2.89. The third-order valence-electron chi connectivity index (χ3n) is 6.59. The zero-order valence-corrected chi connectivity index (χ0v) is 24.3. The van der Waals surface area contributed by atoms with E-state index in [1.54, 1.807) is 64.1 Å². The van der Waals surface area contributed by atoms with Crippen LogP contribution in [0.4, 0.5) is 22.4 Å². The number of hydrogen-bond acceptors (Lipinski definition) is 6. The number of nitrogens with zero attached hydrogens (tertiary/aromatic N) is 1. The SMILES string of the molecule is C[C@H](c1ccc(F)c2ccccc12)N(CCCC1C=C(OS(=O)(=O)C(F)(F)F)c2ccccc2O1)C(=O)OC(C)(C)C. The van der Waals surface area contributed by atoms with Crippen molar-refractivity contribution in [2.24, 2.45) is 0 Å². The molecule has 1 amide bonds. The van der Waals surface area contributed by atoms with Crippen molar-refractivity contribution in [3.05, 3.63) is 83.7 Å². The molecule has 0 aliphatic carbocycles. The number of hydrogen-bond donors (Lipinski definition) is 0. The first-order valence-corrected chi connectivity index (χ1v) is 14.6. The summed E-state index contributed by atoms with van der Waals surface area (Å²) in [7, 11) is -5.91. The monoisotopic (exact) mass is 609 g/mol. The lowest BCUT2D eigenvalue weighted by Gasteiger charge is -2.33. The molecule has 0 N–H and O–H groups in total. The highest BCUT2D eigenvalue weighted by atomic mass is 32.2. The van der Waals surface area contributed by atoms with Gasteiger partial charge >= 0.3 is 21.7 Å². The maximum absolute atomic E-state index is 14.5. The van der Waals surface area contributed by atoms with E-state index in [1.165, 1.54) is 35.2 Å². The molecule has 2 atom stereocenters. The van der Waals surface area contributed by atoms with Crippen LogP contribution >= 0.6 is 0 Å². The Morgan fingerprint density at radius 1 is 1.00 bits per heavy atom. The number of rotatable bonds is 8. The van der Waals surface area contributed by atoms with Crippen molar-refractivity contribution in [2.45, 2.75) is 63.8 Å². The van der Waals surface area contributed by atoms with E-state index in [2.05, 4.69) is 4.18 Å². The lowest BCUT2D eigenvalue weighted by Crippen LogP contribution is -2.39. The lowest BCUT2D eigenvalue weighted by molar-refractivity contribution is -0.0510. The zero-order chi connectivity index (χ0) is 30.9. The Hall–Kier alpha value is -3.80. The van der Waals surface area contributed by atoms with Gasteiger partial charge in [-0.3, -0.25) is 0 Å². The molecule has 0 radical (unpaired) electrons. The molecule has 0 saturated carbocycles. The van der Waals surface area contributed by atoms with Gasteiger partial charge in [-0.15, -0.1) is 0 Å². The van der Waals surface area contributed by atoms with Gasteiger partial charge in [-0.05, 0) is 69.7 Å². The number of fused-ring (bicyclic) bond motifs is 2. The van der Waals surface area contributed by atoms with Crippen molar-refractivity contribution in [3.8, 4) is 5.75 Å². The van der Waals surface area contributed by atoms with Crippen molar-refractivity contribution in [2.75, 3.05) is 6.54 Å². The molecule has 1 heterocycles. The number of carbonyl (C=O) groups is 1. The normalized spacial score (nSPS) is 16.2. The smallest absolute Gasteiger partial charge is 0.485 e. The fourth-order valence-electron chi connectivity index (χ4n) is 4.65. The number of ether oxygens (including phenoxy) is 2. The molecule has 0 saturated heterocycles. The van der Waals surface area contributed by atoms with Gasteiger partial charge < -0.3 is 18.6 Å². The molecule has 0 aromatic heterocycles. The van der Waals surface area contributed by atoms with E-state index >= 15 is 0 Å². The highest BCUT2D eigenvalue weighted by Crippen LogP contribution is 2.38. The molecule has 12 heteroatoms. The molecule has 226 valence electrons. The molecule has 1 unspecified atom stereocenters. The van der Waals surface area contributed by atoms with Gasteiger partial charge in [0.05, 0.1) is 11.6 Å². The van der Waals surface area contributed by atoms with Gasteiger partial charge in [-0.1, -0.05) is 42.5 Å². The topological polar surface area (TPSA) is 82.1 Å². The molecule has 4 rings (SSSR count). The first-order valence-electron chi connectivity index (χ1n) is 13.2. The predicted molar refractivity (Wildman–Crippen MR) is 149 cm³/mol. The van der Waals surface area contributed by atoms with Crippen molar-refractivity contribution < 1.29 is 44.4 Å². The minimum absolute atomic E-state index is 0.0637. The van der Waals surface area contributed by atoms with Crippen LogP contribution in [0.25, 0.3) is 16.5 Å². The molecule has 1 aliphatic heterocycles. The number of amides is 1. The first kappa shape index (κ1) is 31.1. The Morgan fingerprint density at radius 3 is 2.31 bits per heavy atom. The summed E-state index contributed by atoms with van der Waals surface area (Å²) in [6.07, 6.45) is 0.227. The second-order valence-corrected chi connectivity index (χ2v) is 12.4. The summed E-state index contributed by atoms with van der Waals surface area (Å²) in [6, 6.07) is 15.3. The molecule has 0 spiro atoms. The van der Waals surface area contributed by atoms with Crippen molar-refractivity contribution in [3.63, 3.8) is 0 Å². The molecular formula is C30H31F4NO6S. The molecule has 7 nitrogen and oxygen atoms in total. The maximum atomic E-state index is 14.5. The number of carbonyl (C=O) groups excluding carboxylic acids is 1. The summed E-state index contributed by atoms with van der Waals surface area (Å²) in [5.41, 5.74) is -5.64. The van der Waals surface area contributed by atoms with E-state index in [1.807, 2.05) is 0 Å². The van der Waals surface area contributed by atoms with Crippen LogP contribution in [0.1, 0.15) is 57.7 Å². The quantitative estimate of drug-likeness (QED) is 0.148. The third kappa shape index (κ3) is 6.97. The Labute approximate surface area is 241 Å². The van der Waals surface area contributed by atoms with Gasteiger partial charge in [0, 0.05) is 18.0 Å². The second kappa shape index (κ2) is 11.8. The summed E-state index contributed by atoms with van der Waals surface area (Å²) < 4.78 is 93.1. The Bertz CT molecular complexity index is 1600. The summed E-state index contributed by atoms with van der Waals surface area (Å²) in [6.45, 7) is 7.14. The van der Waals surface area contributed by atoms with Crippen LogP contribution in [0.2, 0.25) is 0 Å². The van der Waals surface area contributed by atoms with E-state index < -0.39 is 51.0 Å². The van der Waals surface area contributed by atoms with Crippen LogP contribution in [0.3, 0.4) is 0 Å². The van der Waals surface area contributed by atoms with Crippen LogP contribution < -0.4 is 4.74 Å². The summed E-state index contributed by atoms with van der Waals surface area (Å²) in [5.74, 6) is -0.723. The Kier molecular flexibility index (Phi) is 8.77. The van der Waals surface area contributed by atoms with Crippen molar-refractivity contribution >= 4 is 32.7 Å². The van der Waals surface area contributed by atoms with Crippen molar-refractivity contribution in [1.29, 1.82) is 0 Å². The number of halogens is 4. The van der Waals surface area contributed by atoms with E-state index in [-0.39, 0.29) is 24.3 Å². The second-order valence-electron chi connectivity index (χ2n) is 10.8. The number of alkyl halides is 3. The fourth-order valence-corrected chi connectivity index (χ4v) is 5.13. The molecular weight excluding hydrogens is 578 g/mol. The number of para-hydroxylation sites is 1. The first-order chi connectivity index (χ1) is 19.6. The zero-order valence-electron chi connectivity index (χ0n) is 23.4. The van der Waals surface area contributed by atoms with Crippen LogP contribution in [0.5, 0.6) is 5.75 Å². The van der Waals surface area contributed by atoms with Gasteiger partial charge in [0.25, 0.3) is 0 Å². The standard InChI is InChI=1S/C30H31F4NO6S/c1-19(21-15-16-25(31)23-12-6-5-11-22(21)23)35(28(36)40-29(2,3)4)17-9-10-20-18-27(41-42(37,38)30(32,33)34)24-13-7-8-14-26(24)39-20/h5-8,11-16,18-20H,9-10,17H2,1-4H3/t19-,20?/m1/s1. The molecule has 3 aromatic carbocycles. The highest BCUT2D eigenvalue weighted by Gasteiger charge is 2.49. The van der Waals surface area contributed by atoms with Gasteiger partial charge in [-0.25, -0.2) is 9.18 Å². The largest absolute Gasteiger partial charge is 0.534 e. The Morgan fingerprint density at radius 2 is 1.64 bits per heavy atom. The summed E-state index contributed by atoms with van der Waals surface area (Å²) in [4.78, 5) is 14.8. The van der Waals surface area contributed by atoms with Gasteiger partial charge in [0.15, 0.2) is 5.76 Å². The predicted octanol–water partition coefficient (Wildman–Crippen LogP) is 7.73. The lowest BCUT2D eigenvalue weighted by atomic mass is 9.98. The Balaban J connectivity index is 1.58. The van der Waals surface area contributed by atoms with Crippen LogP contribution in [-0.2, 0) is 19.0 Å². The minimum Gasteiger partial charge on any atom is -0.485 e. The summed E-state index contributed by atoms with van der Waals surface area (Å²) >= 11 is 0. The number of benzene rings is 3. The molecule has 42 heavy (non-hydrogen) atoms. The van der Waals surface area contributed by atoms with Gasteiger partial charge in [-0.2, -0.15) is 21.6 Å². The molecule has 0 bridgehead atoms. The van der Waals surface area contributed by atoms with Crippen LogP contribution in [-0.4, -0.2) is 43.2 Å². The minimum atomic E-state index is -5.91. The average molecular weight is 610 g/mol. The third-order valence-corrected chi connectivity index (χ3v) is 7.55. The van der Waals surface area contributed by atoms with Crippen LogP contribution in [0.15, 0.2) is 66.7 Å². The molecule has 0 fully saturated rings. The fraction of sp³-hybridized carbons (Fsp3) is 0.367. The molecule has 3 aromatic rings. The van der Waals surface area contributed by atoms with Crippen molar-refractivity contribution in [1.82, 2.24) is 4.90 Å². The van der Waals surface area contributed by atoms with E-state index in [9.17, 15) is 30.8 Å². The highest BCUT2D eigenvalue weighted by molar-refractivity contribution is 7.87.